The van der Waals surface area contributed by atoms with Gasteiger partial charge >= 0.3 is 0 Å². The van der Waals surface area contributed by atoms with Gasteiger partial charge in [0.05, 0.1) is 5.88 Å². The topological polar surface area (TPSA) is 29.5 Å². The van der Waals surface area contributed by atoms with E-state index in [9.17, 15) is 0 Å². The van der Waals surface area contributed by atoms with Crippen LogP contribution in [0.25, 0.3) is 0 Å². The fourth-order valence-corrected chi connectivity index (χ4v) is 0.843. The molecule has 0 spiro atoms. The minimum Gasteiger partial charge on any atom is -0.491 e. The summed E-state index contributed by atoms with van der Waals surface area (Å²) in [6, 6.07) is 9.33. The molecule has 1 aromatic rings. The van der Waals surface area contributed by atoms with Crippen molar-refractivity contribution in [3.63, 3.8) is 0 Å². The maximum Gasteiger partial charge on any atom is 0.119 e. The predicted octanol–water partition coefficient (Wildman–Crippen LogP) is 1.67. The Morgan fingerprint density at radius 2 is 2.00 bits per heavy atom. The fraction of sp³-hybridized carbons (Fsp3) is 0.333. The molecule has 0 saturated heterocycles. The molecule has 66 valence electrons. The lowest BCUT2D eigenvalue weighted by Gasteiger charge is -2.08. The van der Waals surface area contributed by atoms with Crippen LogP contribution in [0.4, 0.5) is 0 Å². The summed E-state index contributed by atoms with van der Waals surface area (Å²) in [6.45, 7) is 0.244. The highest BCUT2D eigenvalue weighted by molar-refractivity contribution is 6.18. The molecule has 0 heterocycles. The Labute approximate surface area is 76.7 Å². The van der Waals surface area contributed by atoms with Crippen LogP contribution in [0.1, 0.15) is 0 Å². The molecule has 2 nitrogen and oxygen atoms in total. The average molecular weight is 187 g/mol. The Hall–Kier alpha value is -0.730. The molecule has 1 N–H and O–H groups in total. The smallest absolute Gasteiger partial charge is 0.119 e. The zero-order chi connectivity index (χ0) is 8.81. The molecule has 0 amide bonds. The number of aliphatic hydroxyl groups excluding tert-OH is 1. The van der Waals surface area contributed by atoms with Crippen LogP contribution in [-0.2, 0) is 0 Å². The Bertz CT molecular complexity index is 213. The molecule has 0 saturated carbocycles. The number of alkyl halides is 1. The van der Waals surface area contributed by atoms with Gasteiger partial charge in [-0.25, -0.2) is 0 Å². The Kier molecular flexibility index (Phi) is 3.91. The summed E-state index contributed by atoms with van der Waals surface area (Å²) in [5, 5.41) is 9.06. The zero-order valence-electron chi connectivity index (χ0n) is 6.61. The molecule has 0 aliphatic rings. The van der Waals surface area contributed by atoms with Gasteiger partial charge in [-0.2, -0.15) is 0 Å². The molecule has 0 radical (unpaired) electrons. The van der Waals surface area contributed by atoms with E-state index in [-0.39, 0.29) is 12.5 Å². The molecule has 0 aliphatic carbocycles. The fourth-order valence-electron chi connectivity index (χ4n) is 0.754. The van der Waals surface area contributed by atoms with E-state index >= 15 is 0 Å². The Morgan fingerprint density at radius 3 is 2.58 bits per heavy atom. The SMILES string of the molecule is OC(CCl)COc1ccccc1. The quantitative estimate of drug-likeness (QED) is 0.725. The van der Waals surface area contributed by atoms with Crippen LogP contribution in [0.2, 0.25) is 0 Å². The van der Waals surface area contributed by atoms with Gasteiger partial charge in [-0.15, -0.1) is 11.6 Å². The first-order valence-electron chi connectivity index (χ1n) is 3.75. The van der Waals surface area contributed by atoms with Crippen LogP contribution in [-0.4, -0.2) is 23.7 Å². The van der Waals surface area contributed by atoms with Crippen molar-refractivity contribution in [1.29, 1.82) is 0 Å². The first-order chi connectivity index (χ1) is 5.83. The molecule has 12 heavy (non-hydrogen) atoms. The van der Waals surface area contributed by atoms with Crippen molar-refractivity contribution in [2.45, 2.75) is 6.10 Å². The number of rotatable bonds is 4. The van der Waals surface area contributed by atoms with E-state index in [1.165, 1.54) is 0 Å². The molecular weight excluding hydrogens is 176 g/mol. The highest BCUT2D eigenvalue weighted by Crippen LogP contribution is 2.08. The molecule has 0 aliphatic heterocycles. The maximum atomic E-state index is 9.06. The third kappa shape index (κ3) is 3.11. The summed E-state index contributed by atoms with van der Waals surface area (Å²) in [6.07, 6.45) is -0.591. The first-order valence-corrected chi connectivity index (χ1v) is 4.28. The van der Waals surface area contributed by atoms with Crippen LogP contribution in [0.15, 0.2) is 30.3 Å². The van der Waals surface area contributed by atoms with E-state index in [1.807, 2.05) is 30.3 Å². The molecule has 3 heteroatoms. The monoisotopic (exact) mass is 186 g/mol. The van der Waals surface area contributed by atoms with Gasteiger partial charge in [0, 0.05) is 0 Å². The number of benzene rings is 1. The van der Waals surface area contributed by atoms with Gasteiger partial charge in [-0.3, -0.25) is 0 Å². The molecule has 1 unspecified atom stereocenters. The largest absolute Gasteiger partial charge is 0.491 e. The number of ether oxygens (including phenoxy) is 1. The molecule has 0 bridgehead atoms. The number of halogens is 1. The van der Waals surface area contributed by atoms with Crippen molar-refractivity contribution in [2.75, 3.05) is 12.5 Å². The van der Waals surface area contributed by atoms with Gasteiger partial charge in [0.2, 0.25) is 0 Å². The first kappa shape index (κ1) is 9.36. The second-order valence-corrected chi connectivity index (χ2v) is 2.74. The maximum absolute atomic E-state index is 9.06. The number of hydrogen-bond acceptors (Lipinski definition) is 2. The van der Waals surface area contributed by atoms with Crippen LogP contribution in [0.3, 0.4) is 0 Å². The molecule has 1 atom stereocenters. The predicted molar refractivity (Wildman–Crippen MR) is 48.7 cm³/mol. The van der Waals surface area contributed by atoms with Crippen LogP contribution in [0, 0.1) is 0 Å². The van der Waals surface area contributed by atoms with Crippen LogP contribution in [0.5, 0.6) is 5.75 Å². The van der Waals surface area contributed by atoms with Crippen molar-refractivity contribution >= 4 is 11.6 Å². The summed E-state index contributed by atoms with van der Waals surface area (Å²) in [7, 11) is 0. The van der Waals surface area contributed by atoms with Gasteiger partial charge < -0.3 is 9.84 Å². The lowest BCUT2D eigenvalue weighted by Crippen LogP contribution is -2.18. The normalized spacial score (nSPS) is 12.5. The Balaban J connectivity index is 2.33. The third-order valence-electron chi connectivity index (χ3n) is 1.36. The molecule has 0 aromatic heterocycles. The van der Waals surface area contributed by atoms with Crippen molar-refractivity contribution in [3.8, 4) is 5.75 Å². The highest BCUT2D eigenvalue weighted by Gasteiger charge is 2.01. The van der Waals surface area contributed by atoms with E-state index in [0.717, 1.165) is 5.75 Å². The summed E-state index contributed by atoms with van der Waals surface area (Å²) >= 11 is 5.39. The minimum absolute atomic E-state index is 0.201. The van der Waals surface area contributed by atoms with Crippen molar-refractivity contribution in [2.24, 2.45) is 0 Å². The summed E-state index contributed by atoms with van der Waals surface area (Å²) in [5.74, 6) is 0.953. The van der Waals surface area contributed by atoms with Gasteiger partial charge in [-0.05, 0) is 12.1 Å². The minimum atomic E-state index is -0.591. The summed E-state index contributed by atoms with van der Waals surface area (Å²) < 4.78 is 5.22. The highest BCUT2D eigenvalue weighted by atomic mass is 35.5. The second kappa shape index (κ2) is 5.01. The number of para-hydroxylation sites is 1. The van der Waals surface area contributed by atoms with Crippen LogP contribution >= 0.6 is 11.6 Å². The molecule has 1 rings (SSSR count). The van der Waals surface area contributed by atoms with Gasteiger partial charge in [0.25, 0.3) is 0 Å². The van der Waals surface area contributed by atoms with E-state index in [0.29, 0.717) is 0 Å². The van der Waals surface area contributed by atoms with E-state index in [2.05, 4.69) is 0 Å². The zero-order valence-corrected chi connectivity index (χ0v) is 7.37. The van der Waals surface area contributed by atoms with Gasteiger partial charge in [0.1, 0.15) is 18.5 Å². The summed E-state index contributed by atoms with van der Waals surface area (Å²) in [5.41, 5.74) is 0. The third-order valence-corrected chi connectivity index (χ3v) is 1.72. The van der Waals surface area contributed by atoms with Crippen LogP contribution < -0.4 is 4.74 Å². The molecular formula is C9H11ClO2. The number of aliphatic hydroxyl groups is 1. The van der Waals surface area contributed by atoms with E-state index < -0.39 is 6.10 Å². The summed E-state index contributed by atoms with van der Waals surface area (Å²) in [4.78, 5) is 0. The lowest BCUT2D eigenvalue weighted by atomic mass is 10.3. The number of hydrogen-bond donors (Lipinski definition) is 1. The van der Waals surface area contributed by atoms with E-state index in [4.69, 9.17) is 21.4 Å². The average Bonchev–Trinajstić information content (AvgIpc) is 2.16. The van der Waals surface area contributed by atoms with E-state index in [1.54, 1.807) is 0 Å². The van der Waals surface area contributed by atoms with Gasteiger partial charge in [-0.1, -0.05) is 18.2 Å². The lowest BCUT2D eigenvalue weighted by molar-refractivity contribution is 0.125. The Morgan fingerprint density at radius 1 is 1.33 bits per heavy atom. The van der Waals surface area contributed by atoms with Crippen molar-refractivity contribution in [3.05, 3.63) is 30.3 Å². The van der Waals surface area contributed by atoms with Gasteiger partial charge in [0.15, 0.2) is 0 Å². The van der Waals surface area contributed by atoms with Crippen molar-refractivity contribution < 1.29 is 9.84 Å². The second-order valence-electron chi connectivity index (χ2n) is 2.43. The van der Waals surface area contributed by atoms with Crippen molar-refractivity contribution in [1.82, 2.24) is 0 Å². The molecule has 1 aromatic carbocycles. The molecule has 0 fully saturated rings. The standard InChI is InChI=1S/C9H11ClO2/c10-6-8(11)7-12-9-4-2-1-3-5-9/h1-5,8,11H,6-7H2.